The van der Waals surface area contributed by atoms with Crippen molar-refractivity contribution >= 4 is 39.3 Å². The number of carbonyl (C=O) groups excluding carboxylic acids is 2. The van der Waals surface area contributed by atoms with Gasteiger partial charge in [0.2, 0.25) is 0 Å². The van der Waals surface area contributed by atoms with E-state index in [-0.39, 0.29) is 11.6 Å². The zero-order valence-corrected chi connectivity index (χ0v) is 15.2. The molecular weight excluding hydrogens is 362 g/mol. The molecule has 2 aromatic rings. The Kier molecular flexibility index (Phi) is 5.64. The minimum absolute atomic E-state index is 0.00398. The number of aromatic amines is 1. The molecule has 1 heterocycles. The molecule has 2 rings (SSSR count). The van der Waals surface area contributed by atoms with Crippen LogP contribution in [0, 0.1) is 6.92 Å². The molecule has 0 bridgehead atoms. The Bertz CT molecular complexity index is 721. The largest absolute Gasteiger partial charge is 0.355 e. The molecule has 0 aliphatic carbocycles. The average Bonchev–Trinajstić information content (AvgIpc) is 2.81. The van der Waals surface area contributed by atoms with Crippen LogP contribution in [-0.4, -0.2) is 22.3 Å². The maximum Gasteiger partial charge on any atom is 0.189 e. The average molecular weight is 380 g/mol. The molecule has 5 heteroatoms. The lowest BCUT2D eigenvalue weighted by atomic mass is 10.0. The van der Waals surface area contributed by atoms with E-state index in [1.807, 2.05) is 38.1 Å². The number of aromatic nitrogens is 1. The Morgan fingerprint density at radius 1 is 1.32 bits per heavy atom. The molecule has 1 aromatic carbocycles. The first-order valence-corrected chi connectivity index (χ1v) is 8.85. The van der Waals surface area contributed by atoms with E-state index in [1.54, 1.807) is 6.92 Å². The number of hydrogen-bond donors (Lipinski definition) is 1. The molecule has 0 aliphatic heterocycles. The highest BCUT2D eigenvalue weighted by Gasteiger charge is 2.21. The van der Waals surface area contributed by atoms with Gasteiger partial charge in [0.05, 0.1) is 11.4 Å². The third kappa shape index (κ3) is 3.70. The van der Waals surface area contributed by atoms with Gasteiger partial charge in [-0.05, 0) is 44.0 Å². The predicted molar refractivity (Wildman–Crippen MR) is 94.1 cm³/mol. The van der Waals surface area contributed by atoms with Crippen molar-refractivity contribution < 1.29 is 9.59 Å². The van der Waals surface area contributed by atoms with Crippen molar-refractivity contribution in [2.75, 3.05) is 5.75 Å². The Labute approximate surface area is 143 Å². The third-order valence-electron chi connectivity index (χ3n) is 3.44. The van der Waals surface area contributed by atoms with Crippen LogP contribution in [0.15, 0.2) is 33.6 Å². The number of benzene rings is 1. The highest BCUT2D eigenvalue weighted by molar-refractivity contribution is 9.10. The van der Waals surface area contributed by atoms with Crippen molar-refractivity contribution in [1.29, 1.82) is 0 Å². The summed E-state index contributed by atoms with van der Waals surface area (Å²) < 4.78 is 0.994. The van der Waals surface area contributed by atoms with Crippen molar-refractivity contribution in [2.24, 2.45) is 0 Å². The monoisotopic (exact) mass is 379 g/mol. The van der Waals surface area contributed by atoms with Gasteiger partial charge in [0.25, 0.3) is 0 Å². The van der Waals surface area contributed by atoms with Crippen molar-refractivity contribution in [3.8, 4) is 0 Å². The van der Waals surface area contributed by atoms with Gasteiger partial charge in [-0.1, -0.05) is 28.9 Å². The molecule has 0 radical (unpaired) electrons. The fourth-order valence-corrected chi connectivity index (χ4v) is 3.90. The lowest BCUT2D eigenvalue weighted by molar-refractivity contribution is 0.101. The molecule has 0 atom stereocenters. The molecule has 22 heavy (non-hydrogen) atoms. The molecule has 0 fully saturated rings. The first-order valence-electron chi connectivity index (χ1n) is 7.08. The number of thioether (sulfide) groups is 1. The fourth-order valence-electron chi connectivity index (χ4n) is 2.52. The Hall–Kier alpha value is -1.33. The number of ketones is 2. The number of nitrogens with one attached hydrogen (secondary N) is 1. The molecule has 0 amide bonds. The van der Waals surface area contributed by atoms with Crippen LogP contribution in [0.2, 0.25) is 0 Å². The summed E-state index contributed by atoms with van der Waals surface area (Å²) in [6, 6.07) is 7.86. The molecule has 3 nitrogen and oxygen atoms in total. The van der Waals surface area contributed by atoms with Crippen molar-refractivity contribution in [1.82, 2.24) is 4.98 Å². The van der Waals surface area contributed by atoms with E-state index in [9.17, 15) is 9.59 Å². The summed E-state index contributed by atoms with van der Waals surface area (Å²) in [5.41, 5.74) is 2.86. The lowest BCUT2D eigenvalue weighted by Crippen LogP contribution is -2.07. The number of rotatable bonds is 6. The molecule has 0 spiro atoms. The van der Waals surface area contributed by atoms with Crippen LogP contribution < -0.4 is 0 Å². The highest BCUT2D eigenvalue weighted by atomic mass is 79.9. The second-order valence-electron chi connectivity index (χ2n) is 5.06. The number of halogens is 1. The highest BCUT2D eigenvalue weighted by Crippen LogP contribution is 2.25. The van der Waals surface area contributed by atoms with Crippen LogP contribution in [-0.2, 0) is 6.42 Å². The maximum absolute atomic E-state index is 12.5. The van der Waals surface area contributed by atoms with Crippen molar-refractivity contribution in [3.05, 3.63) is 51.3 Å². The summed E-state index contributed by atoms with van der Waals surface area (Å²) in [7, 11) is 0. The molecule has 116 valence electrons. The molecule has 1 N–H and O–H groups in total. The number of H-pyrrole nitrogens is 1. The van der Waals surface area contributed by atoms with Crippen LogP contribution in [0.5, 0.6) is 0 Å². The SMILES string of the molecule is CCc1c(C(=O)CSc2cccc(Br)c2)[nH]c(C)c1C(C)=O. The number of aryl methyl sites for hydroxylation is 1. The third-order valence-corrected chi connectivity index (χ3v) is 4.93. The zero-order valence-electron chi connectivity index (χ0n) is 12.8. The first kappa shape index (κ1) is 17.0. The Balaban J connectivity index is 2.19. The summed E-state index contributed by atoms with van der Waals surface area (Å²) in [5.74, 6) is 0.377. The topological polar surface area (TPSA) is 49.9 Å². The van der Waals surface area contributed by atoms with E-state index in [4.69, 9.17) is 0 Å². The van der Waals surface area contributed by atoms with Gasteiger partial charge in [-0.25, -0.2) is 0 Å². The van der Waals surface area contributed by atoms with E-state index in [1.165, 1.54) is 11.8 Å². The van der Waals surface area contributed by atoms with Crippen LogP contribution in [0.25, 0.3) is 0 Å². The molecule has 0 saturated carbocycles. The predicted octanol–water partition coefficient (Wildman–Crippen LogP) is 4.83. The standard InChI is InChI=1S/C17H18BrNO2S/c1-4-14-16(11(3)20)10(2)19-17(14)15(21)9-22-13-7-5-6-12(18)8-13/h5-8,19H,4,9H2,1-3H3. The number of Topliss-reactive ketones (excluding diaryl/α,β-unsaturated/α-hetero) is 2. The van der Waals surface area contributed by atoms with E-state index >= 15 is 0 Å². The minimum atomic E-state index is 0.00398. The molecule has 0 saturated heterocycles. The second kappa shape index (κ2) is 7.29. The Morgan fingerprint density at radius 3 is 2.64 bits per heavy atom. The molecular formula is C17H18BrNO2S. The van der Waals surface area contributed by atoms with Crippen molar-refractivity contribution in [3.63, 3.8) is 0 Å². The minimum Gasteiger partial charge on any atom is -0.355 e. The van der Waals surface area contributed by atoms with Gasteiger partial charge in [-0.2, -0.15) is 0 Å². The van der Waals surface area contributed by atoms with Gasteiger partial charge in [0.1, 0.15) is 0 Å². The summed E-state index contributed by atoms with van der Waals surface area (Å²) in [4.78, 5) is 28.4. The summed E-state index contributed by atoms with van der Waals surface area (Å²) in [6.07, 6.45) is 0.669. The smallest absolute Gasteiger partial charge is 0.189 e. The van der Waals surface area contributed by atoms with Crippen LogP contribution in [0.3, 0.4) is 0 Å². The Morgan fingerprint density at radius 2 is 2.05 bits per heavy atom. The molecule has 0 aliphatic rings. The van der Waals surface area contributed by atoms with Gasteiger partial charge in [-0.15, -0.1) is 11.8 Å². The van der Waals surface area contributed by atoms with Crippen molar-refractivity contribution in [2.45, 2.75) is 32.1 Å². The maximum atomic E-state index is 12.5. The zero-order chi connectivity index (χ0) is 16.3. The summed E-state index contributed by atoms with van der Waals surface area (Å²) >= 11 is 4.92. The van der Waals surface area contributed by atoms with E-state index in [0.29, 0.717) is 23.4 Å². The van der Waals surface area contributed by atoms with Crippen LogP contribution in [0.1, 0.15) is 46.0 Å². The summed E-state index contributed by atoms with van der Waals surface area (Å²) in [5, 5.41) is 0. The van der Waals surface area contributed by atoms with E-state index in [2.05, 4.69) is 20.9 Å². The van der Waals surface area contributed by atoms with Gasteiger partial charge in [0.15, 0.2) is 11.6 Å². The molecule has 1 aromatic heterocycles. The molecule has 0 unspecified atom stereocenters. The fraction of sp³-hybridized carbons (Fsp3) is 0.294. The van der Waals surface area contributed by atoms with Gasteiger partial charge in [0, 0.05) is 20.6 Å². The quantitative estimate of drug-likeness (QED) is 0.577. The van der Waals surface area contributed by atoms with Crippen LogP contribution in [0.4, 0.5) is 0 Å². The van der Waals surface area contributed by atoms with Gasteiger partial charge in [-0.3, -0.25) is 9.59 Å². The number of carbonyl (C=O) groups is 2. The lowest BCUT2D eigenvalue weighted by Gasteiger charge is -2.04. The van der Waals surface area contributed by atoms with Gasteiger partial charge < -0.3 is 4.98 Å². The second-order valence-corrected chi connectivity index (χ2v) is 7.02. The summed E-state index contributed by atoms with van der Waals surface area (Å²) in [6.45, 7) is 5.35. The normalized spacial score (nSPS) is 10.7. The first-order chi connectivity index (χ1) is 10.4. The van der Waals surface area contributed by atoms with E-state index in [0.717, 1.165) is 20.6 Å². The number of hydrogen-bond acceptors (Lipinski definition) is 3. The van der Waals surface area contributed by atoms with E-state index < -0.39 is 0 Å². The van der Waals surface area contributed by atoms with Crippen LogP contribution >= 0.6 is 27.7 Å². The van der Waals surface area contributed by atoms with Gasteiger partial charge >= 0.3 is 0 Å².